The van der Waals surface area contributed by atoms with E-state index in [4.69, 9.17) is 16.4 Å². The molecule has 0 aliphatic carbocycles. The Labute approximate surface area is 120 Å². The summed E-state index contributed by atoms with van der Waals surface area (Å²) < 4.78 is 5.45. The van der Waals surface area contributed by atoms with Gasteiger partial charge in [0.15, 0.2) is 0 Å². The molecule has 0 spiro atoms. The molecule has 0 heterocycles. The molecule has 20 heavy (non-hydrogen) atoms. The number of benzene rings is 1. The molecule has 106 valence electrons. The highest BCUT2D eigenvalue weighted by Crippen LogP contribution is 2.16. The van der Waals surface area contributed by atoms with Gasteiger partial charge in [0.05, 0.1) is 11.6 Å². The van der Waals surface area contributed by atoms with E-state index in [-0.39, 0.29) is 12.6 Å². The summed E-state index contributed by atoms with van der Waals surface area (Å²) in [6.45, 7) is 2.54. The molecule has 0 saturated carbocycles. The molecular formula is C16H20N2O2. The molecule has 0 fully saturated rings. The standard InChI is InChI=1S/C16H20N2O2/c1-3-7-14(4-2)18-11-15(19)12-20-16-9-6-5-8-13(16)10-17/h2,5-6,8-9,14-15,18-19H,3,7,11-12H2,1H3. The van der Waals surface area contributed by atoms with Gasteiger partial charge in [-0.25, -0.2) is 0 Å². The Kier molecular flexibility index (Phi) is 7.21. The maximum absolute atomic E-state index is 9.85. The molecule has 4 nitrogen and oxygen atoms in total. The van der Waals surface area contributed by atoms with Crippen LogP contribution in [0.3, 0.4) is 0 Å². The van der Waals surface area contributed by atoms with Crippen molar-refractivity contribution in [1.29, 1.82) is 5.26 Å². The fourth-order valence-corrected chi connectivity index (χ4v) is 1.74. The molecule has 0 aliphatic rings. The highest BCUT2D eigenvalue weighted by Gasteiger charge is 2.10. The highest BCUT2D eigenvalue weighted by atomic mass is 16.5. The molecule has 2 atom stereocenters. The molecule has 0 aliphatic heterocycles. The fourth-order valence-electron chi connectivity index (χ4n) is 1.74. The van der Waals surface area contributed by atoms with Crippen LogP contribution in [-0.4, -0.2) is 30.4 Å². The van der Waals surface area contributed by atoms with Crippen molar-refractivity contribution < 1.29 is 9.84 Å². The molecule has 1 rings (SSSR count). The Morgan fingerprint density at radius 3 is 2.85 bits per heavy atom. The van der Waals surface area contributed by atoms with Crippen LogP contribution in [0.4, 0.5) is 0 Å². The van der Waals surface area contributed by atoms with E-state index in [2.05, 4.69) is 18.2 Å². The van der Waals surface area contributed by atoms with E-state index in [1.807, 2.05) is 6.07 Å². The van der Waals surface area contributed by atoms with Crippen LogP contribution in [-0.2, 0) is 0 Å². The van der Waals surface area contributed by atoms with Crippen LogP contribution < -0.4 is 10.1 Å². The molecule has 0 saturated heterocycles. The Balaban J connectivity index is 2.38. The lowest BCUT2D eigenvalue weighted by atomic mass is 10.2. The predicted molar refractivity (Wildman–Crippen MR) is 78.2 cm³/mol. The van der Waals surface area contributed by atoms with Crippen LogP contribution in [0.2, 0.25) is 0 Å². The first-order valence-electron chi connectivity index (χ1n) is 6.70. The van der Waals surface area contributed by atoms with E-state index < -0.39 is 6.10 Å². The minimum Gasteiger partial charge on any atom is -0.489 e. The number of hydrogen-bond acceptors (Lipinski definition) is 4. The third-order valence-corrected chi connectivity index (χ3v) is 2.82. The van der Waals surface area contributed by atoms with Gasteiger partial charge in [0.1, 0.15) is 24.5 Å². The SMILES string of the molecule is C#CC(CCC)NCC(O)COc1ccccc1C#N. The molecule has 2 unspecified atom stereocenters. The number of para-hydroxylation sites is 1. The minimum atomic E-state index is -0.672. The largest absolute Gasteiger partial charge is 0.489 e. The van der Waals surface area contributed by atoms with Crippen LogP contribution in [0.1, 0.15) is 25.3 Å². The summed E-state index contributed by atoms with van der Waals surface area (Å²) in [6.07, 6.45) is 6.58. The number of nitriles is 1. The van der Waals surface area contributed by atoms with Crippen molar-refractivity contribution in [2.24, 2.45) is 0 Å². The van der Waals surface area contributed by atoms with Gasteiger partial charge in [-0.3, -0.25) is 0 Å². The summed E-state index contributed by atoms with van der Waals surface area (Å²) in [5, 5.41) is 21.9. The quantitative estimate of drug-likeness (QED) is 0.707. The summed E-state index contributed by atoms with van der Waals surface area (Å²) in [7, 11) is 0. The van der Waals surface area contributed by atoms with Gasteiger partial charge >= 0.3 is 0 Å². The van der Waals surface area contributed by atoms with E-state index in [0.717, 1.165) is 12.8 Å². The minimum absolute atomic E-state index is 0.0268. The second-order valence-corrected chi connectivity index (χ2v) is 4.49. The Morgan fingerprint density at radius 1 is 1.45 bits per heavy atom. The lowest BCUT2D eigenvalue weighted by Crippen LogP contribution is -2.37. The Morgan fingerprint density at radius 2 is 2.20 bits per heavy atom. The van der Waals surface area contributed by atoms with Gasteiger partial charge in [-0.05, 0) is 18.6 Å². The van der Waals surface area contributed by atoms with Gasteiger partial charge in [-0.1, -0.05) is 31.4 Å². The molecule has 0 amide bonds. The zero-order valence-electron chi connectivity index (χ0n) is 11.7. The number of terminal acetylenes is 1. The number of nitrogens with zero attached hydrogens (tertiary/aromatic N) is 1. The predicted octanol–water partition coefficient (Wildman–Crippen LogP) is 1.69. The average Bonchev–Trinajstić information content (AvgIpc) is 2.49. The van der Waals surface area contributed by atoms with Crippen LogP contribution in [0.15, 0.2) is 24.3 Å². The first-order valence-corrected chi connectivity index (χ1v) is 6.70. The van der Waals surface area contributed by atoms with Gasteiger partial charge in [0.2, 0.25) is 0 Å². The maximum Gasteiger partial charge on any atom is 0.137 e. The van der Waals surface area contributed by atoms with Crippen molar-refractivity contribution in [3.63, 3.8) is 0 Å². The zero-order chi connectivity index (χ0) is 14.8. The smallest absolute Gasteiger partial charge is 0.137 e. The summed E-state index contributed by atoms with van der Waals surface area (Å²) in [6, 6.07) is 8.96. The highest BCUT2D eigenvalue weighted by molar-refractivity contribution is 5.42. The molecule has 0 bridgehead atoms. The average molecular weight is 272 g/mol. The number of rotatable bonds is 8. The van der Waals surface area contributed by atoms with E-state index in [1.54, 1.807) is 24.3 Å². The zero-order valence-corrected chi connectivity index (χ0v) is 11.7. The monoisotopic (exact) mass is 272 g/mol. The summed E-state index contributed by atoms with van der Waals surface area (Å²) in [5.41, 5.74) is 0.458. The molecule has 1 aromatic carbocycles. The van der Waals surface area contributed by atoms with E-state index in [9.17, 15) is 5.11 Å². The van der Waals surface area contributed by atoms with E-state index in [1.165, 1.54) is 0 Å². The number of aliphatic hydroxyl groups is 1. The molecule has 2 N–H and O–H groups in total. The second-order valence-electron chi connectivity index (χ2n) is 4.49. The van der Waals surface area contributed by atoms with Gasteiger partial charge in [0, 0.05) is 6.54 Å². The van der Waals surface area contributed by atoms with Crippen LogP contribution >= 0.6 is 0 Å². The molecule has 0 radical (unpaired) electrons. The van der Waals surface area contributed by atoms with Crippen molar-refractivity contribution >= 4 is 0 Å². The van der Waals surface area contributed by atoms with E-state index in [0.29, 0.717) is 17.9 Å². The van der Waals surface area contributed by atoms with Crippen LogP contribution in [0, 0.1) is 23.7 Å². The first kappa shape index (κ1) is 16.0. The van der Waals surface area contributed by atoms with E-state index >= 15 is 0 Å². The lowest BCUT2D eigenvalue weighted by Gasteiger charge is -2.17. The Hall–Kier alpha value is -2.01. The van der Waals surface area contributed by atoms with Gasteiger partial charge in [-0.15, -0.1) is 6.42 Å². The van der Waals surface area contributed by atoms with Gasteiger partial charge in [-0.2, -0.15) is 5.26 Å². The summed E-state index contributed by atoms with van der Waals surface area (Å²) in [5.74, 6) is 3.13. The van der Waals surface area contributed by atoms with Gasteiger partial charge < -0.3 is 15.2 Å². The third kappa shape index (κ3) is 5.32. The maximum atomic E-state index is 9.85. The van der Waals surface area contributed by atoms with Crippen molar-refractivity contribution in [2.75, 3.05) is 13.2 Å². The molecule has 1 aromatic rings. The van der Waals surface area contributed by atoms with Crippen molar-refractivity contribution in [3.05, 3.63) is 29.8 Å². The Bertz CT molecular complexity index is 488. The van der Waals surface area contributed by atoms with Crippen LogP contribution in [0.25, 0.3) is 0 Å². The number of aliphatic hydroxyl groups excluding tert-OH is 1. The summed E-state index contributed by atoms with van der Waals surface area (Å²) in [4.78, 5) is 0. The number of nitrogens with one attached hydrogen (secondary N) is 1. The number of ether oxygens (including phenoxy) is 1. The summed E-state index contributed by atoms with van der Waals surface area (Å²) >= 11 is 0. The first-order chi connectivity index (χ1) is 9.71. The molecule has 0 aromatic heterocycles. The van der Waals surface area contributed by atoms with Crippen molar-refractivity contribution in [3.8, 4) is 24.2 Å². The third-order valence-electron chi connectivity index (χ3n) is 2.82. The lowest BCUT2D eigenvalue weighted by molar-refractivity contribution is 0.105. The van der Waals surface area contributed by atoms with Crippen LogP contribution in [0.5, 0.6) is 5.75 Å². The van der Waals surface area contributed by atoms with Crippen molar-refractivity contribution in [2.45, 2.75) is 31.9 Å². The second kappa shape index (κ2) is 8.98. The fraction of sp³-hybridized carbons (Fsp3) is 0.438. The van der Waals surface area contributed by atoms with Crippen molar-refractivity contribution in [1.82, 2.24) is 5.32 Å². The molecular weight excluding hydrogens is 252 g/mol. The van der Waals surface area contributed by atoms with Gasteiger partial charge in [0.25, 0.3) is 0 Å². The number of hydrogen-bond donors (Lipinski definition) is 2. The topological polar surface area (TPSA) is 65.3 Å². The molecule has 4 heteroatoms. The normalized spacial score (nSPS) is 13.0.